The molecule has 0 amide bonds. The van der Waals surface area contributed by atoms with Crippen LogP contribution in [0.25, 0.3) is 0 Å². The maximum atomic E-state index is 10.7. The molecular formula is C9H15NO3. The zero-order valence-corrected chi connectivity index (χ0v) is 7.70. The highest BCUT2D eigenvalue weighted by Crippen LogP contribution is 1.95. The number of morpholine rings is 1. The Labute approximate surface area is 78.1 Å². The van der Waals surface area contributed by atoms with Crippen LogP contribution in [0.1, 0.15) is 0 Å². The van der Waals surface area contributed by atoms with Crippen molar-refractivity contribution in [1.29, 1.82) is 0 Å². The van der Waals surface area contributed by atoms with Crippen molar-refractivity contribution in [2.75, 3.05) is 39.5 Å². The zero-order valence-electron chi connectivity index (χ0n) is 7.70. The van der Waals surface area contributed by atoms with Crippen molar-refractivity contribution in [3.63, 3.8) is 0 Å². The summed E-state index contributed by atoms with van der Waals surface area (Å²) in [6.45, 7) is 7.92. The van der Waals surface area contributed by atoms with E-state index in [4.69, 9.17) is 9.47 Å². The molecule has 4 heteroatoms. The number of carbonyl (C=O) groups excluding carboxylic acids is 1. The van der Waals surface area contributed by atoms with Gasteiger partial charge in [0.15, 0.2) is 0 Å². The molecular weight excluding hydrogens is 170 g/mol. The molecule has 0 aromatic carbocycles. The normalized spacial score (nSPS) is 18.2. The summed E-state index contributed by atoms with van der Waals surface area (Å²) < 4.78 is 10.0. The molecule has 1 aliphatic heterocycles. The van der Waals surface area contributed by atoms with Crippen LogP contribution in [-0.2, 0) is 14.3 Å². The molecule has 0 atom stereocenters. The van der Waals surface area contributed by atoms with Gasteiger partial charge in [0.2, 0.25) is 0 Å². The van der Waals surface area contributed by atoms with E-state index in [-0.39, 0.29) is 5.97 Å². The predicted molar refractivity (Wildman–Crippen MR) is 48.4 cm³/mol. The highest BCUT2D eigenvalue weighted by Gasteiger charge is 2.09. The van der Waals surface area contributed by atoms with Crippen LogP contribution in [0, 0.1) is 0 Å². The average Bonchev–Trinajstić information content (AvgIpc) is 2.19. The topological polar surface area (TPSA) is 38.8 Å². The first-order chi connectivity index (χ1) is 6.33. The average molecular weight is 185 g/mol. The van der Waals surface area contributed by atoms with Gasteiger partial charge in [0.05, 0.1) is 13.2 Å². The van der Waals surface area contributed by atoms with E-state index in [9.17, 15) is 4.79 Å². The van der Waals surface area contributed by atoms with E-state index in [1.165, 1.54) is 6.08 Å². The van der Waals surface area contributed by atoms with Gasteiger partial charge < -0.3 is 9.47 Å². The SMILES string of the molecule is C=CC(=O)OCCN1CCOCC1. The number of hydrogen-bond acceptors (Lipinski definition) is 4. The van der Waals surface area contributed by atoms with Crippen molar-refractivity contribution >= 4 is 5.97 Å². The number of esters is 1. The summed E-state index contributed by atoms with van der Waals surface area (Å²) in [5.41, 5.74) is 0. The summed E-state index contributed by atoms with van der Waals surface area (Å²) in [5, 5.41) is 0. The maximum Gasteiger partial charge on any atom is 0.330 e. The van der Waals surface area contributed by atoms with Gasteiger partial charge in [-0.1, -0.05) is 6.58 Å². The molecule has 0 unspecified atom stereocenters. The molecule has 1 heterocycles. The third-order valence-corrected chi connectivity index (χ3v) is 1.92. The van der Waals surface area contributed by atoms with Crippen molar-refractivity contribution < 1.29 is 14.3 Å². The summed E-state index contributed by atoms with van der Waals surface area (Å²) in [6.07, 6.45) is 1.18. The molecule has 4 nitrogen and oxygen atoms in total. The van der Waals surface area contributed by atoms with Gasteiger partial charge in [-0.3, -0.25) is 4.90 Å². The van der Waals surface area contributed by atoms with Crippen LogP contribution in [0.15, 0.2) is 12.7 Å². The van der Waals surface area contributed by atoms with E-state index in [0.717, 1.165) is 32.8 Å². The molecule has 1 rings (SSSR count). The highest BCUT2D eigenvalue weighted by molar-refractivity contribution is 5.81. The molecule has 1 saturated heterocycles. The summed E-state index contributed by atoms with van der Waals surface area (Å²) in [7, 11) is 0. The fourth-order valence-electron chi connectivity index (χ4n) is 1.16. The molecule has 0 spiro atoms. The lowest BCUT2D eigenvalue weighted by atomic mass is 10.4. The fourth-order valence-corrected chi connectivity index (χ4v) is 1.16. The molecule has 0 bridgehead atoms. The lowest BCUT2D eigenvalue weighted by Gasteiger charge is -2.25. The van der Waals surface area contributed by atoms with Gasteiger partial charge in [-0.2, -0.15) is 0 Å². The van der Waals surface area contributed by atoms with Crippen LogP contribution in [0.5, 0.6) is 0 Å². The lowest BCUT2D eigenvalue weighted by molar-refractivity contribution is -0.138. The van der Waals surface area contributed by atoms with Crippen LogP contribution in [-0.4, -0.2) is 50.3 Å². The molecule has 1 aliphatic rings. The lowest BCUT2D eigenvalue weighted by Crippen LogP contribution is -2.38. The minimum atomic E-state index is -0.353. The van der Waals surface area contributed by atoms with Gasteiger partial charge in [-0.05, 0) is 0 Å². The Bertz CT molecular complexity index is 176. The van der Waals surface area contributed by atoms with Gasteiger partial charge in [-0.25, -0.2) is 4.79 Å². The highest BCUT2D eigenvalue weighted by atomic mass is 16.5. The van der Waals surface area contributed by atoms with Crippen molar-refractivity contribution in [3.8, 4) is 0 Å². The van der Waals surface area contributed by atoms with Crippen molar-refractivity contribution in [2.24, 2.45) is 0 Å². The first-order valence-electron chi connectivity index (χ1n) is 4.42. The summed E-state index contributed by atoms with van der Waals surface area (Å²) in [4.78, 5) is 12.9. The van der Waals surface area contributed by atoms with E-state index >= 15 is 0 Å². The third kappa shape index (κ3) is 4.05. The summed E-state index contributed by atoms with van der Waals surface area (Å²) in [6, 6.07) is 0. The Morgan fingerprint density at radius 2 is 2.23 bits per heavy atom. The van der Waals surface area contributed by atoms with Gasteiger partial charge in [0, 0.05) is 25.7 Å². The molecule has 0 aromatic heterocycles. The zero-order chi connectivity index (χ0) is 9.52. The minimum Gasteiger partial charge on any atom is -0.461 e. The standard InChI is InChI=1S/C9H15NO3/c1-2-9(11)13-8-5-10-3-6-12-7-4-10/h2H,1,3-8H2. The van der Waals surface area contributed by atoms with Crippen LogP contribution in [0.3, 0.4) is 0 Å². The largest absolute Gasteiger partial charge is 0.461 e. The molecule has 74 valence electrons. The Hall–Kier alpha value is -0.870. The first kappa shape index (κ1) is 10.2. The van der Waals surface area contributed by atoms with Gasteiger partial charge >= 0.3 is 5.97 Å². The maximum absolute atomic E-state index is 10.7. The second-order valence-electron chi connectivity index (χ2n) is 2.83. The van der Waals surface area contributed by atoms with E-state index in [0.29, 0.717) is 6.61 Å². The molecule has 0 aromatic rings. The molecule has 0 saturated carbocycles. The number of nitrogens with zero attached hydrogens (tertiary/aromatic N) is 1. The van der Waals surface area contributed by atoms with Crippen LogP contribution in [0.2, 0.25) is 0 Å². The summed E-state index contributed by atoms with van der Waals surface area (Å²) in [5.74, 6) is -0.353. The molecule has 0 radical (unpaired) electrons. The van der Waals surface area contributed by atoms with E-state index in [2.05, 4.69) is 11.5 Å². The number of rotatable bonds is 4. The molecule has 13 heavy (non-hydrogen) atoms. The molecule has 0 N–H and O–H groups in total. The Morgan fingerprint density at radius 3 is 2.85 bits per heavy atom. The van der Waals surface area contributed by atoms with E-state index < -0.39 is 0 Å². The van der Waals surface area contributed by atoms with Crippen molar-refractivity contribution in [1.82, 2.24) is 4.90 Å². The van der Waals surface area contributed by atoms with Crippen LogP contribution >= 0.6 is 0 Å². The van der Waals surface area contributed by atoms with Crippen molar-refractivity contribution in [2.45, 2.75) is 0 Å². The second kappa shape index (κ2) is 5.72. The molecule has 1 fully saturated rings. The fraction of sp³-hybridized carbons (Fsp3) is 0.667. The first-order valence-corrected chi connectivity index (χ1v) is 4.42. The Morgan fingerprint density at radius 1 is 1.54 bits per heavy atom. The van der Waals surface area contributed by atoms with Crippen molar-refractivity contribution in [3.05, 3.63) is 12.7 Å². The summed E-state index contributed by atoms with van der Waals surface area (Å²) >= 11 is 0. The second-order valence-corrected chi connectivity index (χ2v) is 2.83. The van der Waals surface area contributed by atoms with Gasteiger partial charge in [0.1, 0.15) is 6.61 Å². The third-order valence-electron chi connectivity index (χ3n) is 1.92. The monoisotopic (exact) mass is 185 g/mol. The predicted octanol–water partition coefficient (Wildman–Crippen LogP) is 0.0478. The Kier molecular flexibility index (Phi) is 4.49. The molecule has 0 aliphatic carbocycles. The smallest absolute Gasteiger partial charge is 0.330 e. The number of carbonyl (C=O) groups is 1. The van der Waals surface area contributed by atoms with Gasteiger partial charge in [-0.15, -0.1) is 0 Å². The van der Waals surface area contributed by atoms with Crippen LogP contribution < -0.4 is 0 Å². The van der Waals surface area contributed by atoms with E-state index in [1.807, 2.05) is 0 Å². The van der Waals surface area contributed by atoms with Gasteiger partial charge in [0.25, 0.3) is 0 Å². The van der Waals surface area contributed by atoms with Crippen LogP contribution in [0.4, 0.5) is 0 Å². The minimum absolute atomic E-state index is 0.353. The van der Waals surface area contributed by atoms with E-state index in [1.54, 1.807) is 0 Å². The quantitative estimate of drug-likeness (QED) is 0.458. The Balaban J connectivity index is 2.04. The number of hydrogen-bond donors (Lipinski definition) is 0. The number of ether oxygens (including phenoxy) is 2.